The van der Waals surface area contributed by atoms with Crippen molar-refractivity contribution in [2.45, 2.75) is 13.2 Å². The Hall–Kier alpha value is -3.49. The molecule has 0 atom stereocenters. The van der Waals surface area contributed by atoms with E-state index in [1.807, 2.05) is 0 Å². The number of aromatic nitrogens is 5. The van der Waals surface area contributed by atoms with Crippen LogP contribution in [0.5, 0.6) is 5.75 Å². The van der Waals surface area contributed by atoms with Crippen LogP contribution in [0, 0.1) is 5.82 Å². The van der Waals surface area contributed by atoms with E-state index in [1.165, 1.54) is 18.5 Å². The number of nitrogens with zero attached hydrogens (tertiary/aromatic N) is 5. The van der Waals surface area contributed by atoms with Gasteiger partial charge in [-0.15, -0.1) is 0 Å². The van der Waals surface area contributed by atoms with Crippen LogP contribution in [0.4, 0.5) is 13.2 Å². The number of hydrogen-bond acceptors (Lipinski definition) is 5. The summed E-state index contributed by atoms with van der Waals surface area (Å²) in [7, 11) is 0. The summed E-state index contributed by atoms with van der Waals surface area (Å²) in [6.45, 7) is -2.69. The van der Waals surface area contributed by atoms with Crippen LogP contribution in [-0.2, 0) is 6.54 Å². The van der Waals surface area contributed by atoms with E-state index in [0.29, 0.717) is 23.2 Å². The number of benzene rings is 1. The molecule has 3 heterocycles. The molecule has 27 heavy (non-hydrogen) atoms. The van der Waals surface area contributed by atoms with Gasteiger partial charge in [-0.1, -0.05) is 6.07 Å². The first-order valence-electron chi connectivity index (χ1n) is 7.91. The van der Waals surface area contributed by atoms with Crippen LogP contribution < -0.4 is 4.74 Å². The first-order chi connectivity index (χ1) is 13.1. The molecule has 0 aliphatic carbocycles. The number of rotatable bonds is 5. The van der Waals surface area contributed by atoms with Crippen molar-refractivity contribution in [3.8, 4) is 16.9 Å². The van der Waals surface area contributed by atoms with Crippen molar-refractivity contribution < 1.29 is 17.9 Å². The Morgan fingerprint density at radius 3 is 2.70 bits per heavy atom. The molecule has 1 aromatic carbocycles. The number of ether oxygens (including phenoxy) is 1. The lowest BCUT2D eigenvalue weighted by atomic mass is 10.1. The molecule has 4 aromatic rings. The number of alkyl halides is 2. The predicted octanol–water partition coefficient (Wildman–Crippen LogP) is 3.68. The number of halogens is 3. The highest BCUT2D eigenvalue weighted by Gasteiger charge is 2.13. The molecule has 0 saturated carbocycles. The highest BCUT2D eigenvalue weighted by Crippen LogP contribution is 2.29. The average Bonchev–Trinajstić information content (AvgIpc) is 3.06. The van der Waals surface area contributed by atoms with Gasteiger partial charge in [-0.3, -0.25) is 9.67 Å². The smallest absolute Gasteiger partial charge is 0.387 e. The van der Waals surface area contributed by atoms with E-state index >= 15 is 0 Å². The van der Waals surface area contributed by atoms with Gasteiger partial charge in [0, 0.05) is 18.0 Å². The van der Waals surface area contributed by atoms with Crippen molar-refractivity contribution in [3.05, 3.63) is 66.8 Å². The molecule has 0 saturated heterocycles. The third kappa shape index (κ3) is 3.57. The summed E-state index contributed by atoms with van der Waals surface area (Å²) in [6.07, 6.45) is 6.28. The summed E-state index contributed by atoms with van der Waals surface area (Å²) in [6, 6.07) is 7.35. The monoisotopic (exact) mass is 371 g/mol. The van der Waals surface area contributed by atoms with Crippen LogP contribution in [0.1, 0.15) is 5.69 Å². The van der Waals surface area contributed by atoms with Crippen LogP contribution in [0.25, 0.3) is 22.2 Å². The minimum Gasteiger partial charge on any atom is -0.432 e. The lowest BCUT2D eigenvalue weighted by molar-refractivity contribution is -0.0521. The highest BCUT2D eigenvalue weighted by atomic mass is 19.3. The maximum atomic E-state index is 13.7. The van der Waals surface area contributed by atoms with Gasteiger partial charge in [-0.2, -0.15) is 13.9 Å². The minimum atomic E-state index is -3.11. The van der Waals surface area contributed by atoms with Gasteiger partial charge >= 0.3 is 6.61 Å². The minimum absolute atomic E-state index is 0.417. The van der Waals surface area contributed by atoms with Crippen LogP contribution in [-0.4, -0.2) is 31.3 Å². The van der Waals surface area contributed by atoms with Crippen molar-refractivity contribution in [3.63, 3.8) is 0 Å². The van der Waals surface area contributed by atoms with Crippen molar-refractivity contribution in [2.75, 3.05) is 0 Å². The quantitative estimate of drug-likeness (QED) is 0.535. The van der Waals surface area contributed by atoms with Crippen molar-refractivity contribution >= 4 is 11.0 Å². The molecule has 0 bridgehead atoms. The summed E-state index contributed by atoms with van der Waals surface area (Å²) in [5.41, 5.74) is 3.28. The van der Waals surface area contributed by atoms with E-state index in [1.54, 1.807) is 35.4 Å². The second kappa shape index (κ2) is 7.02. The maximum Gasteiger partial charge on any atom is 0.387 e. The summed E-state index contributed by atoms with van der Waals surface area (Å²) >= 11 is 0. The molecule has 4 rings (SSSR count). The number of fused-ring (bicyclic) bond motifs is 1. The average molecular weight is 371 g/mol. The van der Waals surface area contributed by atoms with Gasteiger partial charge in [-0.05, 0) is 29.8 Å². The summed E-state index contributed by atoms with van der Waals surface area (Å²) in [4.78, 5) is 12.4. The third-order valence-corrected chi connectivity index (χ3v) is 3.93. The van der Waals surface area contributed by atoms with Gasteiger partial charge in [0.2, 0.25) is 0 Å². The van der Waals surface area contributed by atoms with Crippen molar-refractivity contribution in [2.24, 2.45) is 0 Å². The Bertz CT molecular complexity index is 1090. The van der Waals surface area contributed by atoms with Crippen LogP contribution in [0.15, 0.2) is 55.2 Å². The fraction of sp³-hybridized carbons (Fsp3) is 0.111. The van der Waals surface area contributed by atoms with E-state index in [2.05, 4.69) is 24.8 Å². The molecule has 0 fully saturated rings. The second-order valence-corrected chi connectivity index (χ2v) is 5.65. The number of pyridine rings is 1. The molecule has 0 aliphatic rings. The molecule has 136 valence electrons. The summed E-state index contributed by atoms with van der Waals surface area (Å²) in [5.74, 6) is -1.38. The van der Waals surface area contributed by atoms with Gasteiger partial charge in [0.25, 0.3) is 0 Å². The van der Waals surface area contributed by atoms with E-state index in [4.69, 9.17) is 0 Å². The summed E-state index contributed by atoms with van der Waals surface area (Å²) < 4.78 is 44.5. The fourth-order valence-corrected chi connectivity index (χ4v) is 2.67. The Morgan fingerprint density at radius 2 is 1.93 bits per heavy atom. The zero-order chi connectivity index (χ0) is 18.8. The Morgan fingerprint density at radius 1 is 1.04 bits per heavy atom. The molecule has 0 amide bonds. The second-order valence-electron chi connectivity index (χ2n) is 5.65. The molecular formula is C18H12F3N5O. The topological polar surface area (TPSA) is 65.7 Å². The maximum absolute atomic E-state index is 13.7. The van der Waals surface area contributed by atoms with E-state index < -0.39 is 18.2 Å². The highest BCUT2D eigenvalue weighted by molar-refractivity contribution is 5.80. The zero-order valence-electron chi connectivity index (χ0n) is 13.8. The molecule has 3 aromatic heterocycles. The van der Waals surface area contributed by atoms with Crippen molar-refractivity contribution in [1.29, 1.82) is 0 Å². The largest absolute Gasteiger partial charge is 0.432 e. The summed E-state index contributed by atoms with van der Waals surface area (Å²) in [5, 5.41) is 4.31. The lowest BCUT2D eigenvalue weighted by Gasteiger charge is -2.09. The molecule has 9 heteroatoms. The van der Waals surface area contributed by atoms with Crippen LogP contribution in [0.2, 0.25) is 0 Å². The van der Waals surface area contributed by atoms with Gasteiger partial charge < -0.3 is 4.74 Å². The first-order valence-corrected chi connectivity index (χ1v) is 7.91. The molecule has 0 radical (unpaired) electrons. The Balaban J connectivity index is 1.72. The van der Waals surface area contributed by atoms with Gasteiger partial charge in [0.05, 0.1) is 24.0 Å². The molecule has 0 aliphatic heterocycles. The molecule has 0 unspecified atom stereocenters. The molecule has 6 nitrogen and oxygen atoms in total. The zero-order valence-corrected chi connectivity index (χ0v) is 13.8. The number of hydrogen-bond donors (Lipinski definition) is 0. The normalized spacial score (nSPS) is 11.3. The SMILES string of the molecule is Fc1ccc(-c2cnc3cnn(Cc4ccncn4)c3c2)cc1OC(F)F. The van der Waals surface area contributed by atoms with E-state index in [9.17, 15) is 13.2 Å². The molecular weight excluding hydrogens is 359 g/mol. The third-order valence-electron chi connectivity index (χ3n) is 3.93. The lowest BCUT2D eigenvalue weighted by Crippen LogP contribution is -2.04. The van der Waals surface area contributed by atoms with Gasteiger partial charge in [0.1, 0.15) is 11.8 Å². The van der Waals surface area contributed by atoms with Gasteiger partial charge in [-0.25, -0.2) is 14.4 Å². The van der Waals surface area contributed by atoms with E-state index in [-0.39, 0.29) is 0 Å². The van der Waals surface area contributed by atoms with Crippen LogP contribution in [0.3, 0.4) is 0 Å². The fourth-order valence-electron chi connectivity index (χ4n) is 2.67. The molecule has 0 spiro atoms. The van der Waals surface area contributed by atoms with E-state index in [0.717, 1.165) is 17.3 Å². The van der Waals surface area contributed by atoms with Gasteiger partial charge in [0.15, 0.2) is 11.6 Å². The van der Waals surface area contributed by atoms with Crippen molar-refractivity contribution in [1.82, 2.24) is 24.7 Å². The predicted molar refractivity (Wildman–Crippen MR) is 90.7 cm³/mol. The Kier molecular flexibility index (Phi) is 4.41. The standard InChI is InChI=1S/C18H12F3N5O/c19-14-2-1-11(6-17(14)27-18(20)21)12-5-16-15(23-7-12)8-25-26(16)9-13-3-4-22-10-24-13/h1-8,10,18H,9H2. The molecule has 0 N–H and O–H groups in total. The first kappa shape index (κ1) is 17.0. The Labute approximate surface area is 151 Å². The van der Waals surface area contributed by atoms with Crippen LogP contribution >= 0.6 is 0 Å².